The fourth-order valence-corrected chi connectivity index (χ4v) is 1.91. The van der Waals surface area contributed by atoms with E-state index in [0.29, 0.717) is 0 Å². The monoisotopic (exact) mass is 219 g/mol. The highest BCUT2D eigenvalue weighted by molar-refractivity contribution is 6.03. The number of hydrogen-bond acceptors (Lipinski definition) is 2. The van der Waals surface area contributed by atoms with Crippen molar-refractivity contribution in [3.63, 3.8) is 0 Å². The molecule has 0 bridgehead atoms. The van der Waals surface area contributed by atoms with Crippen molar-refractivity contribution < 1.29 is 4.79 Å². The third-order valence-electron chi connectivity index (χ3n) is 2.83. The molecule has 0 heterocycles. The van der Waals surface area contributed by atoms with E-state index in [4.69, 9.17) is 0 Å². The highest BCUT2D eigenvalue weighted by Gasteiger charge is 2.28. The van der Waals surface area contributed by atoms with Gasteiger partial charge in [0.2, 0.25) is 0 Å². The van der Waals surface area contributed by atoms with Crippen LogP contribution in [-0.4, -0.2) is 17.9 Å². The SMILES string of the molecule is CCNC(C)(C)C(=O)c1ccccc1CC. The lowest BCUT2D eigenvalue weighted by Gasteiger charge is -2.25. The quantitative estimate of drug-likeness (QED) is 0.772. The van der Waals surface area contributed by atoms with Crippen molar-refractivity contribution in [2.75, 3.05) is 6.54 Å². The van der Waals surface area contributed by atoms with Gasteiger partial charge in [-0.15, -0.1) is 0 Å². The second-order valence-electron chi connectivity index (χ2n) is 4.50. The van der Waals surface area contributed by atoms with Crippen LogP contribution < -0.4 is 5.32 Å². The molecule has 16 heavy (non-hydrogen) atoms. The molecule has 1 aromatic carbocycles. The Hall–Kier alpha value is -1.15. The van der Waals surface area contributed by atoms with E-state index < -0.39 is 5.54 Å². The Morgan fingerprint density at radius 2 is 1.88 bits per heavy atom. The van der Waals surface area contributed by atoms with Crippen LogP contribution in [-0.2, 0) is 6.42 Å². The van der Waals surface area contributed by atoms with E-state index in [2.05, 4.69) is 12.2 Å². The lowest BCUT2D eigenvalue weighted by molar-refractivity contribution is 0.0883. The molecule has 1 rings (SSSR count). The molecule has 0 atom stereocenters. The van der Waals surface area contributed by atoms with E-state index in [1.54, 1.807) is 0 Å². The fourth-order valence-electron chi connectivity index (χ4n) is 1.91. The maximum Gasteiger partial charge on any atom is 0.182 e. The van der Waals surface area contributed by atoms with Crippen LogP contribution in [0.3, 0.4) is 0 Å². The third kappa shape index (κ3) is 2.70. The standard InChI is InChI=1S/C14H21NO/c1-5-11-9-7-8-10-12(11)13(16)14(3,4)15-6-2/h7-10,15H,5-6H2,1-4H3. The van der Waals surface area contributed by atoms with Gasteiger partial charge in [-0.1, -0.05) is 38.1 Å². The van der Waals surface area contributed by atoms with Gasteiger partial charge >= 0.3 is 0 Å². The maximum atomic E-state index is 12.4. The number of Topliss-reactive ketones (excluding diaryl/α,β-unsaturated/α-hetero) is 1. The van der Waals surface area contributed by atoms with E-state index in [9.17, 15) is 4.79 Å². The summed E-state index contributed by atoms with van der Waals surface area (Å²) in [6.45, 7) is 8.76. The van der Waals surface area contributed by atoms with E-state index in [-0.39, 0.29) is 5.78 Å². The van der Waals surface area contributed by atoms with Crippen molar-refractivity contribution in [2.45, 2.75) is 39.7 Å². The van der Waals surface area contributed by atoms with E-state index >= 15 is 0 Å². The van der Waals surface area contributed by atoms with Gasteiger partial charge in [0.15, 0.2) is 5.78 Å². The van der Waals surface area contributed by atoms with Crippen molar-refractivity contribution in [1.82, 2.24) is 5.32 Å². The zero-order valence-electron chi connectivity index (χ0n) is 10.6. The summed E-state index contributed by atoms with van der Waals surface area (Å²) in [4.78, 5) is 12.4. The van der Waals surface area contributed by atoms with Crippen molar-refractivity contribution in [3.05, 3.63) is 35.4 Å². The van der Waals surface area contributed by atoms with Gasteiger partial charge in [-0.2, -0.15) is 0 Å². The van der Waals surface area contributed by atoms with Gasteiger partial charge in [-0.05, 0) is 32.4 Å². The number of rotatable bonds is 5. The van der Waals surface area contributed by atoms with Gasteiger partial charge in [0.25, 0.3) is 0 Å². The first kappa shape index (κ1) is 12.9. The summed E-state index contributed by atoms with van der Waals surface area (Å²) in [6, 6.07) is 7.85. The van der Waals surface area contributed by atoms with Gasteiger partial charge in [-0.25, -0.2) is 0 Å². The molecular formula is C14H21NO. The van der Waals surface area contributed by atoms with Crippen LogP contribution in [0.15, 0.2) is 24.3 Å². The van der Waals surface area contributed by atoms with E-state index in [1.807, 2.05) is 45.0 Å². The van der Waals surface area contributed by atoms with Crippen molar-refractivity contribution in [2.24, 2.45) is 0 Å². The molecule has 0 aliphatic rings. The first-order chi connectivity index (χ1) is 7.53. The van der Waals surface area contributed by atoms with Crippen molar-refractivity contribution in [3.8, 4) is 0 Å². The molecule has 2 heteroatoms. The number of nitrogens with one attached hydrogen (secondary N) is 1. The number of ketones is 1. The van der Waals surface area contributed by atoms with Gasteiger partial charge < -0.3 is 5.32 Å². The normalized spacial score (nSPS) is 11.5. The Morgan fingerprint density at radius 1 is 1.25 bits per heavy atom. The van der Waals surface area contributed by atoms with Gasteiger partial charge in [0.1, 0.15) is 0 Å². The zero-order chi connectivity index (χ0) is 12.2. The van der Waals surface area contributed by atoms with Crippen LogP contribution in [0.2, 0.25) is 0 Å². The Morgan fingerprint density at radius 3 is 2.44 bits per heavy atom. The predicted octanol–water partition coefficient (Wildman–Crippen LogP) is 2.82. The molecule has 0 aliphatic carbocycles. The number of aryl methyl sites for hydroxylation is 1. The summed E-state index contributed by atoms with van der Waals surface area (Å²) in [5.74, 6) is 0.173. The molecular weight excluding hydrogens is 198 g/mol. The molecule has 0 spiro atoms. The topological polar surface area (TPSA) is 29.1 Å². The average Bonchev–Trinajstić information content (AvgIpc) is 2.28. The average molecular weight is 219 g/mol. The van der Waals surface area contributed by atoms with Crippen LogP contribution in [0.4, 0.5) is 0 Å². The Balaban J connectivity index is 3.04. The van der Waals surface area contributed by atoms with Crippen molar-refractivity contribution >= 4 is 5.78 Å². The molecule has 0 aromatic heterocycles. The summed E-state index contributed by atoms with van der Waals surface area (Å²) in [5.41, 5.74) is 1.48. The minimum absolute atomic E-state index is 0.173. The molecule has 0 unspecified atom stereocenters. The molecule has 0 amide bonds. The third-order valence-corrected chi connectivity index (χ3v) is 2.83. The molecule has 88 valence electrons. The van der Waals surface area contributed by atoms with Gasteiger partial charge in [-0.3, -0.25) is 4.79 Å². The summed E-state index contributed by atoms with van der Waals surface area (Å²) in [7, 11) is 0. The van der Waals surface area contributed by atoms with Gasteiger partial charge in [0, 0.05) is 5.56 Å². The fraction of sp³-hybridized carbons (Fsp3) is 0.500. The number of likely N-dealkylation sites (N-methyl/N-ethyl adjacent to an activating group) is 1. The Labute approximate surface area is 98.1 Å². The van der Waals surface area contributed by atoms with Crippen LogP contribution >= 0.6 is 0 Å². The lowest BCUT2D eigenvalue weighted by atomic mass is 9.89. The molecule has 0 saturated heterocycles. The second-order valence-corrected chi connectivity index (χ2v) is 4.50. The van der Waals surface area contributed by atoms with Crippen LogP contribution in [0.5, 0.6) is 0 Å². The highest BCUT2D eigenvalue weighted by Crippen LogP contribution is 2.17. The summed E-state index contributed by atoms with van der Waals surface area (Å²) in [6.07, 6.45) is 0.893. The van der Waals surface area contributed by atoms with Crippen LogP contribution in [0, 0.1) is 0 Å². The van der Waals surface area contributed by atoms with E-state index in [1.165, 1.54) is 0 Å². The number of carbonyl (C=O) groups excluding carboxylic acids is 1. The predicted molar refractivity (Wildman–Crippen MR) is 67.9 cm³/mol. The molecule has 0 aliphatic heterocycles. The molecule has 0 saturated carbocycles. The van der Waals surface area contributed by atoms with Crippen LogP contribution in [0.1, 0.15) is 43.6 Å². The maximum absolute atomic E-state index is 12.4. The Kier molecular flexibility index (Phi) is 4.25. The largest absolute Gasteiger partial charge is 0.305 e. The Bertz CT molecular complexity index is 369. The summed E-state index contributed by atoms with van der Waals surface area (Å²) in [5, 5.41) is 3.22. The molecule has 0 radical (unpaired) electrons. The summed E-state index contributed by atoms with van der Waals surface area (Å²) >= 11 is 0. The molecule has 2 nitrogen and oxygen atoms in total. The minimum Gasteiger partial charge on any atom is -0.305 e. The highest BCUT2D eigenvalue weighted by atomic mass is 16.1. The molecule has 1 N–H and O–H groups in total. The molecule has 0 fully saturated rings. The van der Waals surface area contributed by atoms with Crippen molar-refractivity contribution in [1.29, 1.82) is 0 Å². The smallest absolute Gasteiger partial charge is 0.182 e. The first-order valence-electron chi connectivity index (χ1n) is 5.90. The van der Waals surface area contributed by atoms with Gasteiger partial charge in [0.05, 0.1) is 5.54 Å². The lowest BCUT2D eigenvalue weighted by Crippen LogP contribution is -2.46. The number of benzene rings is 1. The van der Waals surface area contributed by atoms with Crippen LogP contribution in [0.25, 0.3) is 0 Å². The molecule has 1 aromatic rings. The first-order valence-corrected chi connectivity index (χ1v) is 5.90. The zero-order valence-corrected chi connectivity index (χ0v) is 10.6. The van der Waals surface area contributed by atoms with E-state index in [0.717, 1.165) is 24.1 Å². The number of hydrogen-bond donors (Lipinski definition) is 1. The second kappa shape index (κ2) is 5.26. The summed E-state index contributed by atoms with van der Waals surface area (Å²) < 4.78 is 0. The minimum atomic E-state index is -0.486. The number of carbonyl (C=O) groups is 1.